The van der Waals surface area contributed by atoms with Crippen molar-refractivity contribution < 1.29 is 4.42 Å². The molecule has 0 unspecified atom stereocenters. The van der Waals surface area contributed by atoms with Crippen LogP contribution in [0.5, 0.6) is 0 Å². The van der Waals surface area contributed by atoms with Crippen molar-refractivity contribution >= 4 is 34.8 Å². The minimum atomic E-state index is 0.323. The van der Waals surface area contributed by atoms with Crippen molar-refractivity contribution in [3.63, 3.8) is 0 Å². The van der Waals surface area contributed by atoms with E-state index in [1.807, 2.05) is 6.92 Å². The minimum absolute atomic E-state index is 0.323. The molecule has 0 fully saturated rings. The quantitative estimate of drug-likeness (QED) is 0.743. The van der Waals surface area contributed by atoms with Crippen LogP contribution in [0.3, 0.4) is 0 Å². The van der Waals surface area contributed by atoms with Crippen molar-refractivity contribution in [3.8, 4) is 11.5 Å². The topological polar surface area (TPSA) is 26.0 Å². The fourth-order valence-corrected chi connectivity index (χ4v) is 2.13. The van der Waals surface area contributed by atoms with E-state index in [9.17, 15) is 0 Å². The predicted molar refractivity (Wildman–Crippen MR) is 66.3 cm³/mol. The van der Waals surface area contributed by atoms with Crippen LogP contribution in [0.2, 0.25) is 10.0 Å². The van der Waals surface area contributed by atoms with Gasteiger partial charge in [-0.05, 0) is 25.1 Å². The highest BCUT2D eigenvalue weighted by molar-refractivity contribution is 6.35. The third-order valence-electron chi connectivity index (χ3n) is 2.13. The van der Waals surface area contributed by atoms with Crippen LogP contribution in [0.4, 0.5) is 0 Å². The van der Waals surface area contributed by atoms with Gasteiger partial charge in [0.05, 0.1) is 11.6 Å². The SMILES string of the molecule is Cc1oc(-c2cc(Cl)cc(Cl)c2)nc1CCl. The van der Waals surface area contributed by atoms with Crippen LogP contribution in [0, 0.1) is 6.92 Å². The van der Waals surface area contributed by atoms with Gasteiger partial charge in [0.25, 0.3) is 0 Å². The van der Waals surface area contributed by atoms with E-state index >= 15 is 0 Å². The highest BCUT2D eigenvalue weighted by Crippen LogP contribution is 2.28. The average molecular weight is 277 g/mol. The molecular formula is C11H8Cl3NO. The second-order valence-electron chi connectivity index (χ2n) is 3.31. The molecule has 0 amide bonds. The summed E-state index contributed by atoms with van der Waals surface area (Å²) < 4.78 is 5.49. The molecule has 0 aliphatic rings. The Morgan fingerprint density at radius 3 is 2.31 bits per heavy atom. The van der Waals surface area contributed by atoms with Crippen LogP contribution in [0.25, 0.3) is 11.5 Å². The first-order valence-electron chi connectivity index (χ1n) is 4.59. The molecule has 5 heteroatoms. The van der Waals surface area contributed by atoms with E-state index in [1.165, 1.54) is 0 Å². The monoisotopic (exact) mass is 275 g/mol. The maximum Gasteiger partial charge on any atom is 0.226 e. The number of nitrogens with zero attached hydrogens (tertiary/aromatic N) is 1. The van der Waals surface area contributed by atoms with Gasteiger partial charge in [-0.25, -0.2) is 4.98 Å². The Kier molecular flexibility index (Phi) is 3.43. The second-order valence-corrected chi connectivity index (χ2v) is 4.45. The fraction of sp³-hybridized carbons (Fsp3) is 0.182. The van der Waals surface area contributed by atoms with Crippen LogP contribution < -0.4 is 0 Å². The van der Waals surface area contributed by atoms with Gasteiger partial charge in [-0.3, -0.25) is 0 Å². The largest absolute Gasteiger partial charge is 0.441 e. The minimum Gasteiger partial charge on any atom is -0.441 e. The summed E-state index contributed by atoms with van der Waals surface area (Å²) in [5.41, 5.74) is 1.48. The highest BCUT2D eigenvalue weighted by atomic mass is 35.5. The number of rotatable bonds is 2. The van der Waals surface area contributed by atoms with Gasteiger partial charge >= 0.3 is 0 Å². The van der Waals surface area contributed by atoms with Gasteiger partial charge in [0.15, 0.2) is 0 Å². The van der Waals surface area contributed by atoms with Crippen molar-refractivity contribution in [1.82, 2.24) is 4.98 Å². The van der Waals surface area contributed by atoms with Gasteiger partial charge in [0.2, 0.25) is 5.89 Å². The molecule has 0 saturated heterocycles. The average Bonchev–Trinajstić information content (AvgIpc) is 2.58. The number of oxazole rings is 1. The Morgan fingerprint density at radius 1 is 1.19 bits per heavy atom. The van der Waals surface area contributed by atoms with E-state index < -0.39 is 0 Å². The lowest BCUT2D eigenvalue weighted by molar-refractivity contribution is 0.540. The molecule has 2 aromatic rings. The van der Waals surface area contributed by atoms with Crippen molar-refractivity contribution in [2.24, 2.45) is 0 Å². The first-order chi connectivity index (χ1) is 7.60. The number of halogens is 3. The number of benzene rings is 1. The molecule has 0 aliphatic heterocycles. The predicted octanol–water partition coefficient (Wildman–Crippen LogP) is 4.70. The number of alkyl halides is 1. The number of aromatic nitrogens is 1. The van der Waals surface area contributed by atoms with Crippen LogP contribution in [-0.2, 0) is 5.88 Å². The lowest BCUT2D eigenvalue weighted by Gasteiger charge is -1.97. The standard InChI is InChI=1S/C11H8Cl3NO/c1-6-10(5-12)15-11(16-6)7-2-8(13)4-9(14)3-7/h2-4H,5H2,1H3. The number of hydrogen-bond donors (Lipinski definition) is 0. The van der Waals surface area contributed by atoms with Crippen molar-refractivity contribution in [1.29, 1.82) is 0 Å². The molecule has 0 radical (unpaired) electrons. The van der Waals surface area contributed by atoms with Crippen molar-refractivity contribution in [3.05, 3.63) is 39.7 Å². The zero-order valence-corrected chi connectivity index (χ0v) is 10.7. The van der Waals surface area contributed by atoms with Gasteiger partial charge in [-0.1, -0.05) is 23.2 Å². The first kappa shape index (κ1) is 11.8. The Hall–Kier alpha value is -0.700. The molecule has 2 rings (SSSR count). The summed E-state index contributed by atoms with van der Waals surface area (Å²) in [7, 11) is 0. The van der Waals surface area contributed by atoms with E-state index in [0.29, 0.717) is 27.6 Å². The van der Waals surface area contributed by atoms with E-state index in [1.54, 1.807) is 18.2 Å². The first-order valence-corrected chi connectivity index (χ1v) is 5.88. The number of aryl methyl sites for hydroxylation is 1. The third kappa shape index (κ3) is 2.34. The Balaban J connectivity index is 2.49. The lowest BCUT2D eigenvalue weighted by Crippen LogP contribution is -1.81. The Morgan fingerprint density at radius 2 is 1.81 bits per heavy atom. The van der Waals surface area contributed by atoms with Crippen LogP contribution in [0.1, 0.15) is 11.5 Å². The van der Waals surface area contributed by atoms with Gasteiger partial charge in [0, 0.05) is 15.6 Å². The zero-order chi connectivity index (χ0) is 11.7. The second kappa shape index (κ2) is 4.66. The molecular weight excluding hydrogens is 268 g/mol. The van der Waals surface area contributed by atoms with E-state index in [4.69, 9.17) is 39.2 Å². The summed E-state index contributed by atoms with van der Waals surface area (Å²) in [4.78, 5) is 4.26. The van der Waals surface area contributed by atoms with Crippen LogP contribution in [0.15, 0.2) is 22.6 Å². The Labute approximate surface area is 108 Å². The molecule has 0 atom stereocenters. The maximum atomic E-state index is 5.90. The number of hydrogen-bond acceptors (Lipinski definition) is 2. The van der Waals surface area contributed by atoms with Gasteiger partial charge in [0.1, 0.15) is 5.76 Å². The normalized spacial score (nSPS) is 10.8. The summed E-state index contributed by atoms with van der Waals surface area (Å²) in [5, 5.41) is 1.09. The van der Waals surface area contributed by atoms with E-state index in [-0.39, 0.29) is 0 Å². The maximum absolute atomic E-state index is 5.90. The zero-order valence-electron chi connectivity index (χ0n) is 8.43. The molecule has 0 spiro atoms. The van der Waals surface area contributed by atoms with E-state index in [2.05, 4.69) is 4.98 Å². The van der Waals surface area contributed by atoms with Crippen molar-refractivity contribution in [2.75, 3.05) is 0 Å². The molecule has 1 aromatic heterocycles. The molecule has 0 saturated carbocycles. The summed E-state index contributed by atoms with van der Waals surface area (Å²) in [6, 6.07) is 5.15. The Bertz CT molecular complexity index is 502. The van der Waals surface area contributed by atoms with Gasteiger partial charge in [-0.15, -0.1) is 11.6 Å². The molecule has 0 N–H and O–H groups in total. The molecule has 84 valence electrons. The van der Waals surface area contributed by atoms with Crippen molar-refractivity contribution in [2.45, 2.75) is 12.8 Å². The molecule has 16 heavy (non-hydrogen) atoms. The smallest absolute Gasteiger partial charge is 0.226 e. The summed E-state index contributed by atoms with van der Waals surface area (Å²) in [5.74, 6) is 1.52. The highest BCUT2D eigenvalue weighted by Gasteiger charge is 2.11. The molecule has 0 bridgehead atoms. The summed E-state index contributed by atoms with van der Waals surface area (Å²) in [6.45, 7) is 1.82. The van der Waals surface area contributed by atoms with E-state index in [0.717, 1.165) is 11.3 Å². The molecule has 2 nitrogen and oxygen atoms in total. The molecule has 1 aromatic carbocycles. The molecule has 1 heterocycles. The van der Waals surface area contributed by atoms with Gasteiger partial charge in [-0.2, -0.15) is 0 Å². The third-order valence-corrected chi connectivity index (χ3v) is 2.82. The van der Waals surface area contributed by atoms with Crippen LogP contribution >= 0.6 is 34.8 Å². The van der Waals surface area contributed by atoms with Crippen LogP contribution in [-0.4, -0.2) is 4.98 Å². The summed E-state index contributed by atoms with van der Waals surface area (Å²) in [6.07, 6.45) is 0. The van der Waals surface area contributed by atoms with Gasteiger partial charge < -0.3 is 4.42 Å². The fourth-order valence-electron chi connectivity index (χ4n) is 1.35. The summed E-state index contributed by atoms with van der Waals surface area (Å²) >= 11 is 17.5. The molecule has 0 aliphatic carbocycles. The lowest BCUT2D eigenvalue weighted by atomic mass is 10.2.